The van der Waals surface area contributed by atoms with Crippen LogP contribution < -0.4 is 4.74 Å². The molecule has 3 aromatic rings. The molecule has 2 N–H and O–H groups in total. The highest BCUT2D eigenvalue weighted by Gasteiger charge is 2.12. The van der Waals surface area contributed by atoms with Crippen molar-refractivity contribution in [2.45, 2.75) is 84.2 Å². The van der Waals surface area contributed by atoms with Gasteiger partial charge in [-0.2, -0.15) is 0 Å². The number of aliphatic imine (C=N–C) groups is 1. The van der Waals surface area contributed by atoms with Crippen molar-refractivity contribution < 1.29 is 4.74 Å². The van der Waals surface area contributed by atoms with Crippen molar-refractivity contribution in [2.75, 3.05) is 0 Å². The quantitative estimate of drug-likeness (QED) is 0.196. The summed E-state index contributed by atoms with van der Waals surface area (Å²) in [7, 11) is 0. The molecule has 1 aromatic carbocycles. The van der Waals surface area contributed by atoms with Crippen molar-refractivity contribution >= 4 is 5.71 Å². The highest BCUT2D eigenvalue weighted by molar-refractivity contribution is 5.98. The van der Waals surface area contributed by atoms with E-state index in [0.717, 1.165) is 46.9 Å². The minimum atomic E-state index is 0.549. The Balaban J connectivity index is 1.28. The lowest BCUT2D eigenvalue weighted by Crippen LogP contribution is -1.97. The van der Waals surface area contributed by atoms with E-state index in [2.05, 4.69) is 59.4 Å². The maximum Gasteiger partial charge on any atom is 0.141 e. The predicted octanol–water partition coefficient (Wildman–Crippen LogP) is 8.95. The van der Waals surface area contributed by atoms with Gasteiger partial charge in [0.2, 0.25) is 0 Å². The van der Waals surface area contributed by atoms with Crippen molar-refractivity contribution in [1.29, 1.82) is 0 Å². The van der Waals surface area contributed by atoms with Gasteiger partial charge >= 0.3 is 0 Å². The SMILES string of the molecule is CCCCCCCCCCCC1=NC(=CCc2[nH]c(-c3ccc[nH]3)cc2OCc2ccccc2)C=C1. The summed E-state index contributed by atoms with van der Waals surface area (Å²) in [5.41, 5.74) is 6.58. The van der Waals surface area contributed by atoms with E-state index in [1.54, 1.807) is 0 Å². The Morgan fingerprint density at radius 1 is 0.833 bits per heavy atom. The van der Waals surface area contributed by atoms with Crippen LogP contribution in [0.15, 0.2) is 83.6 Å². The van der Waals surface area contributed by atoms with Crippen LogP contribution in [0.1, 0.15) is 82.4 Å². The van der Waals surface area contributed by atoms with Gasteiger partial charge in [-0.25, -0.2) is 0 Å². The Morgan fingerprint density at radius 2 is 1.61 bits per heavy atom. The molecule has 0 saturated carbocycles. The zero-order valence-corrected chi connectivity index (χ0v) is 21.8. The van der Waals surface area contributed by atoms with E-state index >= 15 is 0 Å². The van der Waals surface area contributed by atoms with Crippen LogP contribution >= 0.6 is 0 Å². The molecule has 0 saturated heterocycles. The van der Waals surface area contributed by atoms with Crippen LogP contribution in [0.3, 0.4) is 0 Å². The van der Waals surface area contributed by atoms with Crippen LogP contribution in [0.2, 0.25) is 0 Å². The molecule has 0 spiro atoms. The molecule has 2 aromatic heterocycles. The molecule has 4 heteroatoms. The third-order valence-electron chi connectivity index (χ3n) is 6.75. The number of rotatable bonds is 16. The second-order valence-electron chi connectivity index (χ2n) is 9.73. The highest BCUT2D eigenvalue weighted by atomic mass is 16.5. The van der Waals surface area contributed by atoms with E-state index in [9.17, 15) is 0 Å². The molecule has 1 aliphatic heterocycles. The molecular weight excluding hydrogens is 442 g/mol. The molecule has 0 radical (unpaired) electrons. The molecule has 4 rings (SSSR count). The third kappa shape index (κ3) is 8.15. The summed E-state index contributed by atoms with van der Waals surface area (Å²) in [6, 6.07) is 16.5. The average Bonchev–Trinajstić information content (AvgIpc) is 3.67. The number of unbranched alkanes of at least 4 members (excludes halogenated alkanes) is 8. The van der Waals surface area contributed by atoms with E-state index in [1.807, 2.05) is 30.5 Å². The van der Waals surface area contributed by atoms with Gasteiger partial charge in [0, 0.05) is 24.4 Å². The number of H-pyrrole nitrogens is 2. The third-order valence-corrected chi connectivity index (χ3v) is 6.75. The largest absolute Gasteiger partial charge is 0.487 e. The highest BCUT2D eigenvalue weighted by Crippen LogP contribution is 2.28. The van der Waals surface area contributed by atoms with Gasteiger partial charge in [0.05, 0.1) is 22.8 Å². The number of nitrogens with zero attached hydrogens (tertiary/aromatic N) is 1. The zero-order chi connectivity index (χ0) is 24.8. The van der Waals surface area contributed by atoms with Crippen molar-refractivity contribution in [3.8, 4) is 17.1 Å². The van der Waals surface area contributed by atoms with Crippen LogP contribution in [-0.2, 0) is 13.0 Å². The number of nitrogens with one attached hydrogen (secondary N) is 2. The molecule has 0 amide bonds. The van der Waals surface area contributed by atoms with Gasteiger partial charge in [-0.15, -0.1) is 0 Å². The van der Waals surface area contributed by atoms with Crippen molar-refractivity contribution in [1.82, 2.24) is 9.97 Å². The van der Waals surface area contributed by atoms with Crippen LogP contribution in [0.5, 0.6) is 5.75 Å². The van der Waals surface area contributed by atoms with E-state index in [4.69, 9.17) is 9.73 Å². The molecule has 3 heterocycles. The van der Waals surface area contributed by atoms with Crippen molar-refractivity contribution in [3.63, 3.8) is 0 Å². The average molecular weight is 484 g/mol. The van der Waals surface area contributed by atoms with E-state index in [1.165, 1.54) is 63.5 Å². The lowest BCUT2D eigenvalue weighted by Gasteiger charge is -2.06. The molecule has 0 unspecified atom stereocenters. The first kappa shape index (κ1) is 25.8. The zero-order valence-electron chi connectivity index (χ0n) is 21.8. The summed E-state index contributed by atoms with van der Waals surface area (Å²) >= 11 is 0. The fraction of sp³-hybridized carbons (Fsp3) is 0.406. The molecule has 4 nitrogen and oxygen atoms in total. The summed E-state index contributed by atoms with van der Waals surface area (Å²) in [6.45, 7) is 2.83. The van der Waals surface area contributed by atoms with E-state index < -0.39 is 0 Å². The van der Waals surface area contributed by atoms with E-state index in [0.29, 0.717) is 6.61 Å². The maximum atomic E-state index is 6.22. The van der Waals surface area contributed by atoms with Gasteiger partial charge in [-0.1, -0.05) is 94.7 Å². The molecule has 0 atom stereocenters. The Labute approximate surface area is 216 Å². The molecule has 0 fully saturated rings. The standard InChI is InChI=1S/C32H41N3O/c1-2-3-4-5-6-7-8-9-13-17-27-19-20-28(34-27)21-22-30-32(36-25-26-15-11-10-12-16-26)24-31(35-30)29-18-14-23-33-29/h10-12,14-16,18-21,23-24,33,35H,2-9,13,17,22,25H2,1H3. The Kier molecular flexibility index (Phi) is 10.3. The van der Waals surface area contributed by atoms with Gasteiger partial charge in [-0.3, -0.25) is 4.99 Å². The molecule has 1 aliphatic rings. The first-order chi connectivity index (χ1) is 17.8. The number of ether oxygens (including phenoxy) is 1. The minimum Gasteiger partial charge on any atom is -0.487 e. The number of hydrogen-bond acceptors (Lipinski definition) is 2. The predicted molar refractivity (Wildman–Crippen MR) is 152 cm³/mol. The maximum absolute atomic E-state index is 6.22. The second-order valence-corrected chi connectivity index (χ2v) is 9.73. The monoisotopic (exact) mass is 483 g/mol. The van der Waals surface area contributed by atoms with Gasteiger partial charge in [0.25, 0.3) is 0 Å². The van der Waals surface area contributed by atoms with Gasteiger partial charge in [0.15, 0.2) is 0 Å². The van der Waals surface area contributed by atoms with Gasteiger partial charge < -0.3 is 14.7 Å². The summed E-state index contributed by atoms with van der Waals surface area (Å²) in [5.74, 6) is 0.890. The van der Waals surface area contributed by atoms with Crippen LogP contribution in [0.4, 0.5) is 0 Å². The molecule has 36 heavy (non-hydrogen) atoms. The fourth-order valence-electron chi connectivity index (χ4n) is 4.64. The number of hydrogen-bond donors (Lipinski definition) is 2. The second kappa shape index (κ2) is 14.3. The molecule has 0 bridgehead atoms. The summed E-state index contributed by atoms with van der Waals surface area (Å²) in [5, 5.41) is 0. The smallest absolute Gasteiger partial charge is 0.141 e. The lowest BCUT2D eigenvalue weighted by molar-refractivity contribution is 0.304. The van der Waals surface area contributed by atoms with Crippen LogP contribution in [0.25, 0.3) is 11.4 Å². The Hall–Kier alpha value is -3.27. The first-order valence-electron chi connectivity index (χ1n) is 13.8. The first-order valence-corrected chi connectivity index (χ1v) is 13.8. The number of aromatic amines is 2. The summed E-state index contributed by atoms with van der Waals surface area (Å²) < 4.78 is 6.22. The molecule has 190 valence electrons. The molecular formula is C32H41N3O. The summed E-state index contributed by atoms with van der Waals surface area (Å²) in [6.07, 6.45) is 22.5. The van der Waals surface area contributed by atoms with Crippen molar-refractivity contribution in [2.24, 2.45) is 4.99 Å². The van der Waals surface area contributed by atoms with Crippen LogP contribution in [-0.4, -0.2) is 15.7 Å². The Morgan fingerprint density at radius 3 is 2.36 bits per heavy atom. The normalized spacial score (nSPS) is 14.0. The van der Waals surface area contributed by atoms with E-state index in [-0.39, 0.29) is 0 Å². The van der Waals surface area contributed by atoms with Crippen LogP contribution in [0, 0.1) is 0 Å². The Bertz CT molecular complexity index is 1120. The minimum absolute atomic E-state index is 0.549. The number of aromatic nitrogens is 2. The summed E-state index contributed by atoms with van der Waals surface area (Å²) in [4.78, 5) is 11.7. The van der Waals surface area contributed by atoms with Gasteiger partial charge in [-0.05, 0) is 42.7 Å². The topological polar surface area (TPSA) is 53.2 Å². The van der Waals surface area contributed by atoms with Gasteiger partial charge in [0.1, 0.15) is 12.4 Å². The fourth-order valence-corrected chi connectivity index (χ4v) is 4.64. The van der Waals surface area contributed by atoms with Crippen molar-refractivity contribution in [3.05, 3.63) is 89.9 Å². The number of allylic oxidation sites excluding steroid dienone is 3. The molecule has 0 aliphatic carbocycles. The lowest BCUT2D eigenvalue weighted by atomic mass is 10.1. The number of benzene rings is 1.